The fourth-order valence-electron chi connectivity index (χ4n) is 3.89. The van der Waals surface area contributed by atoms with E-state index in [1.807, 2.05) is 4.57 Å². The average Bonchev–Trinajstić information content (AvgIpc) is 3.59. The number of nitro benzene ring substituents is 1. The Morgan fingerprint density at radius 2 is 1.70 bits per heavy atom. The standard InChI is InChI=1S/C19H24N6O6S2/c26-25(27)16-13-15(33(28,29)23-7-11-31-12-8-23)3-4-17(16)32-19-21-20-18(24(19)14-1-2-14)22-5-9-30-10-6-22/h3-4,13-14H,1-2,5-12H2. The van der Waals surface area contributed by atoms with Crippen LogP contribution in [0, 0.1) is 10.1 Å². The molecule has 1 saturated carbocycles. The zero-order valence-electron chi connectivity index (χ0n) is 17.8. The Morgan fingerprint density at radius 1 is 1.03 bits per heavy atom. The molecule has 0 amide bonds. The van der Waals surface area contributed by atoms with E-state index in [1.165, 1.54) is 16.4 Å². The molecule has 0 radical (unpaired) electrons. The fraction of sp³-hybridized carbons (Fsp3) is 0.579. The molecule has 3 aliphatic rings. The first-order valence-electron chi connectivity index (χ1n) is 10.8. The van der Waals surface area contributed by atoms with Gasteiger partial charge in [-0.3, -0.25) is 14.7 Å². The van der Waals surface area contributed by atoms with Gasteiger partial charge >= 0.3 is 0 Å². The normalized spacial score (nSPS) is 20.2. The van der Waals surface area contributed by atoms with Gasteiger partial charge < -0.3 is 14.4 Å². The van der Waals surface area contributed by atoms with E-state index in [4.69, 9.17) is 9.47 Å². The molecule has 0 bridgehead atoms. The SMILES string of the molecule is O=[N+]([O-])c1cc(S(=O)(=O)N2CCOCC2)ccc1Sc1nnc(N2CCOCC2)n1C1CC1. The van der Waals surface area contributed by atoms with Crippen molar-refractivity contribution in [3.63, 3.8) is 0 Å². The van der Waals surface area contributed by atoms with E-state index >= 15 is 0 Å². The first kappa shape index (κ1) is 22.5. The van der Waals surface area contributed by atoms with Gasteiger partial charge in [-0.25, -0.2) is 8.42 Å². The third kappa shape index (κ3) is 4.57. The van der Waals surface area contributed by atoms with Crippen LogP contribution in [0.3, 0.4) is 0 Å². The first-order chi connectivity index (χ1) is 15.9. The summed E-state index contributed by atoms with van der Waals surface area (Å²) < 4.78 is 39.9. The van der Waals surface area contributed by atoms with Crippen LogP contribution in [0.25, 0.3) is 0 Å². The molecule has 3 fully saturated rings. The summed E-state index contributed by atoms with van der Waals surface area (Å²) in [6.45, 7) is 3.71. The van der Waals surface area contributed by atoms with Gasteiger partial charge in [0.15, 0.2) is 5.16 Å². The lowest BCUT2D eigenvalue weighted by atomic mass is 10.3. The molecule has 0 N–H and O–H groups in total. The first-order valence-corrected chi connectivity index (χ1v) is 13.0. The molecule has 1 aromatic carbocycles. The highest BCUT2D eigenvalue weighted by molar-refractivity contribution is 7.99. The number of nitrogens with zero attached hydrogens (tertiary/aromatic N) is 6. The Bertz CT molecular complexity index is 1140. The second-order valence-corrected chi connectivity index (χ2v) is 10.9. The molecule has 178 valence electrons. The number of ether oxygens (including phenoxy) is 2. The van der Waals surface area contributed by atoms with Crippen molar-refractivity contribution in [2.75, 3.05) is 57.5 Å². The van der Waals surface area contributed by atoms with E-state index < -0.39 is 14.9 Å². The summed E-state index contributed by atoms with van der Waals surface area (Å²) in [5, 5.41) is 21.1. The zero-order valence-corrected chi connectivity index (χ0v) is 19.5. The number of aromatic nitrogens is 3. The van der Waals surface area contributed by atoms with Gasteiger partial charge in [0.25, 0.3) is 5.69 Å². The van der Waals surface area contributed by atoms with Gasteiger partial charge in [-0.15, -0.1) is 10.2 Å². The van der Waals surface area contributed by atoms with E-state index in [-0.39, 0.29) is 29.7 Å². The summed E-state index contributed by atoms with van der Waals surface area (Å²) in [6, 6.07) is 4.30. The quantitative estimate of drug-likeness (QED) is 0.410. The average molecular weight is 497 g/mol. The summed E-state index contributed by atoms with van der Waals surface area (Å²) in [4.78, 5) is 13.6. The molecule has 1 aliphatic carbocycles. The van der Waals surface area contributed by atoms with Crippen LogP contribution in [0.15, 0.2) is 33.1 Å². The van der Waals surface area contributed by atoms with Crippen LogP contribution in [-0.2, 0) is 19.5 Å². The van der Waals surface area contributed by atoms with Gasteiger partial charge in [0.05, 0.1) is 41.1 Å². The van der Waals surface area contributed by atoms with Crippen LogP contribution < -0.4 is 4.90 Å². The van der Waals surface area contributed by atoms with Crippen molar-refractivity contribution in [3.8, 4) is 0 Å². The highest BCUT2D eigenvalue weighted by Gasteiger charge is 2.34. The topological polar surface area (TPSA) is 133 Å². The number of benzene rings is 1. The number of rotatable bonds is 7. The van der Waals surface area contributed by atoms with Crippen molar-refractivity contribution in [1.82, 2.24) is 19.1 Å². The molecule has 1 aromatic heterocycles. The van der Waals surface area contributed by atoms with Crippen molar-refractivity contribution in [3.05, 3.63) is 28.3 Å². The van der Waals surface area contributed by atoms with Crippen molar-refractivity contribution in [2.24, 2.45) is 0 Å². The number of nitro groups is 1. The van der Waals surface area contributed by atoms with E-state index in [0.29, 0.717) is 49.6 Å². The Labute approximate surface area is 195 Å². The zero-order chi connectivity index (χ0) is 23.0. The Morgan fingerprint density at radius 3 is 2.33 bits per heavy atom. The number of morpholine rings is 2. The minimum Gasteiger partial charge on any atom is -0.379 e. The molecule has 3 heterocycles. The van der Waals surface area contributed by atoms with Crippen LogP contribution in [0.1, 0.15) is 18.9 Å². The van der Waals surface area contributed by atoms with Crippen molar-refractivity contribution >= 4 is 33.4 Å². The molecule has 5 rings (SSSR count). The van der Waals surface area contributed by atoms with Crippen LogP contribution in [-0.4, -0.2) is 85.0 Å². The molecule has 0 unspecified atom stereocenters. The maximum atomic E-state index is 13.0. The van der Waals surface area contributed by atoms with Gasteiger partial charge in [-0.05, 0) is 36.7 Å². The second kappa shape index (κ2) is 9.18. The number of sulfonamides is 1. The van der Waals surface area contributed by atoms with E-state index in [2.05, 4.69) is 15.1 Å². The van der Waals surface area contributed by atoms with Gasteiger partial charge in [0.2, 0.25) is 16.0 Å². The highest BCUT2D eigenvalue weighted by atomic mass is 32.2. The van der Waals surface area contributed by atoms with Crippen LogP contribution in [0.2, 0.25) is 0 Å². The van der Waals surface area contributed by atoms with Gasteiger partial charge in [0.1, 0.15) is 0 Å². The Hall–Kier alpha value is -2.26. The Balaban J connectivity index is 1.45. The number of hydrogen-bond acceptors (Lipinski definition) is 10. The maximum absolute atomic E-state index is 13.0. The van der Waals surface area contributed by atoms with Crippen LogP contribution in [0.4, 0.5) is 11.6 Å². The number of hydrogen-bond donors (Lipinski definition) is 0. The van der Waals surface area contributed by atoms with Gasteiger partial charge in [0, 0.05) is 38.3 Å². The largest absolute Gasteiger partial charge is 0.379 e. The van der Waals surface area contributed by atoms with Gasteiger partial charge in [-0.1, -0.05) is 0 Å². The molecule has 12 nitrogen and oxygen atoms in total. The highest BCUT2D eigenvalue weighted by Crippen LogP contribution is 2.44. The van der Waals surface area contributed by atoms with E-state index in [9.17, 15) is 18.5 Å². The van der Waals surface area contributed by atoms with Crippen molar-refractivity contribution in [1.29, 1.82) is 0 Å². The third-order valence-corrected chi connectivity index (χ3v) is 8.71. The molecule has 2 saturated heterocycles. The predicted molar refractivity (Wildman–Crippen MR) is 118 cm³/mol. The van der Waals surface area contributed by atoms with Crippen molar-refractivity contribution < 1.29 is 22.8 Å². The monoisotopic (exact) mass is 496 g/mol. The summed E-state index contributed by atoms with van der Waals surface area (Å²) in [6.07, 6.45) is 2.00. The van der Waals surface area contributed by atoms with E-state index in [0.717, 1.165) is 36.6 Å². The molecule has 0 atom stereocenters. The van der Waals surface area contributed by atoms with Crippen LogP contribution >= 0.6 is 11.8 Å². The smallest absolute Gasteiger partial charge is 0.284 e. The molecular weight excluding hydrogens is 472 g/mol. The van der Waals surface area contributed by atoms with E-state index in [1.54, 1.807) is 0 Å². The summed E-state index contributed by atoms with van der Waals surface area (Å²) >= 11 is 1.14. The van der Waals surface area contributed by atoms with Crippen molar-refractivity contribution in [2.45, 2.75) is 33.8 Å². The summed E-state index contributed by atoms with van der Waals surface area (Å²) in [7, 11) is -3.84. The molecule has 14 heteroatoms. The molecular formula is C19H24N6O6S2. The molecule has 2 aliphatic heterocycles. The lowest BCUT2D eigenvalue weighted by Gasteiger charge is -2.27. The molecule has 2 aromatic rings. The summed E-state index contributed by atoms with van der Waals surface area (Å²) in [5.41, 5.74) is -0.271. The Kier molecular flexibility index (Phi) is 6.26. The fourth-order valence-corrected chi connectivity index (χ4v) is 6.30. The van der Waals surface area contributed by atoms with Crippen LogP contribution in [0.5, 0.6) is 0 Å². The lowest BCUT2D eigenvalue weighted by molar-refractivity contribution is -0.388. The number of anilines is 1. The third-order valence-electron chi connectivity index (χ3n) is 5.79. The minimum atomic E-state index is -3.84. The summed E-state index contributed by atoms with van der Waals surface area (Å²) in [5.74, 6) is 0.748. The molecule has 33 heavy (non-hydrogen) atoms. The lowest BCUT2D eigenvalue weighted by Crippen LogP contribution is -2.40. The predicted octanol–water partition coefficient (Wildman–Crippen LogP) is 1.53. The van der Waals surface area contributed by atoms with Gasteiger partial charge in [-0.2, -0.15) is 4.31 Å². The molecule has 0 spiro atoms. The maximum Gasteiger partial charge on any atom is 0.284 e. The minimum absolute atomic E-state index is 0.0990. The second-order valence-electron chi connectivity index (χ2n) is 7.99.